The monoisotopic (exact) mass is 297 g/mol. The van der Waals surface area contributed by atoms with Gasteiger partial charge in [-0.3, -0.25) is 0 Å². The molecule has 0 amide bonds. The third kappa shape index (κ3) is 4.63. The molecule has 5 heteroatoms. The van der Waals surface area contributed by atoms with Gasteiger partial charge in [0.15, 0.2) is 0 Å². The first-order chi connectivity index (χ1) is 9.99. The summed E-state index contributed by atoms with van der Waals surface area (Å²) in [6.07, 6.45) is 0.0199. The van der Waals surface area contributed by atoms with Gasteiger partial charge in [0.25, 0.3) is 0 Å². The summed E-state index contributed by atoms with van der Waals surface area (Å²) < 4.78 is 43.1. The van der Waals surface area contributed by atoms with Crippen LogP contribution in [0.1, 0.15) is 12.0 Å². The molecule has 0 aromatic heterocycles. The predicted molar refractivity (Wildman–Crippen MR) is 76.1 cm³/mol. The minimum Gasteiger partial charge on any atom is -0.493 e. The molecule has 0 fully saturated rings. The minimum atomic E-state index is -4.26. The average molecular weight is 297 g/mol. The fourth-order valence-corrected chi connectivity index (χ4v) is 2.15. The quantitative estimate of drug-likeness (QED) is 0.891. The molecular formula is C16H18F3NO. The van der Waals surface area contributed by atoms with Crippen molar-refractivity contribution < 1.29 is 17.9 Å². The van der Waals surface area contributed by atoms with Gasteiger partial charge in [0.2, 0.25) is 0 Å². The van der Waals surface area contributed by atoms with Crippen molar-refractivity contribution in [3.8, 4) is 5.75 Å². The zero-order valence-electron chi connectivity index (χ0n) is 11.8. The lowest BCUT2D eigenvalue weighted by atomic mass is 9.97. The highest BCUT2D eigenvalue weighted by Crippen LogP contribution is 2.31. The fourth-order valence-electron chi connectivity index (χ4n) is 2.15. The summed E-state index contributed by atoms with van der Waals surface area (Å²) in [6.45, 7) is 1.12. The van der Waals surface area contributed by atoms with Crippen molar-refractivity contribution in [3.05, 3.63) is 53.6 Å². The highest BCUT2D eigenvalue weighted by molar-refractivity contribution is 5.30. The molecule has 0 bridgehead atoms. The lowest BCUT2D eigenvalue weighted by Crippen LogP contribution is -2.16. The average Bonchev–Trinajstić information content (AvgIpc) is 2.45. The van der Waals surface area contributed by atoms with E-state index in [1.54, 1.807) is 6.08 Å². The van der Waals surface area contributed by atoms with E-state index in [9.17, 15) is 13.2 Å². The fraction of sp³-hybridized carbons (Fsp3) is 0.375. The molecule has 0 aliphatic heterocycles. The summed E-state index contributed by atoms with van der Waals surface area (Å²) >= 11 is 0. The molecule has 0 saturated carbocycles. The molecule has 0 saturated heterocycles. The second-order valence-corrected chi connectivity index (χ2v) is 5.00. The van der Waals surface area contributed by atoms with E-state index in [0.717, 1.165) is 23.9 Å². The third-order valence-corrected chi connectivity index (χ3v) is 3.26. The molecule has 0 heterocycles. The molecule has 2 nitrogen and oxygen atoms in total. The van der Waals surface area contributed by atoms with E-state index in [1.165, 1.54) is 6.08 Å². The summed E-state index contributed by atoms with van der Waals surface area (Å²) in [4.78, 5) is 0. The van der Waals surface area contributed by atoms with Crippen LogP contribution in [-0.4, -0.2) is 19.8 Å². The van der Waals surface area contributed by atoms with Crippen molar-refractivity contribution in [1.82, 2.24) is 5.32 Å². The maximum Gasteiger partial charge on any atom is 0.416 e. The molecule has 0 spiro atoms. The molecule has 1 unspecified atom stereocenters. The topological polar surface area (TPSA) is 21.3 Å². The standard InChI is InChI=1S/C16H18F3NO/c1-20-10-13-3-2-4-15(9-13)21-11-12-5-7-14(8-6-12)16(17,18)19/h2-5,7-9,12,20H,6,10-11H2,1H3. The van der Waals surface area contributed by atoms with Crippen molar-refractivity contribution in [3.63, 3.8) is 0 Å². The molecule has 1 N–H and O–H groups in total. The number of alkyl halides is 3. The maximum atomic E-state index is 12.5. The molecule has 1 atom stereocenters. The number of rotatable bonds is 5. The summed E-state index contributed by atoms with van der Waals surface area (Å²) in [7, 11) is 1.87. The van der Waals surface area contributed by atoms with Gasteiger partial charge < -0.3 is 10.1 Å². The second-order valence-electron chi connectivity index (χ2n) is 5.00. The van der Waals surface area contributed by atoms with Crippen LogP contribution in [0.15, 0.2) is 48.1 Å². The number of ether oxygens (including phenoxy) is 1. The summed E-state index contributed by atoms with van der Waals surface area (Å²) in [5.41, 5.74) is 0.531. The first-order valence-electron chi connectivity index (χ1n) is 6.81. The van der Waals surface area contributed by atoms with Crippen LogP contribution in [0.4, 0.5) is 13.2 Å². The molecule has 1 aromatic rings. The van der Waals surface area contributed by atoms with Crippen LogP contribution in [0.2, 0.25) is 0 Å². The number of nitrogens with one attached hydrogen (secondary N) is 1. The van der Waals surface area contributed by atoms with Crippen molar-refractivity contribution in [1.29, 1.82) is 0 Å². The molecule has 0 radical (unpaired) electrons. The molecule has 114 valence electrons. The van der Waals surface area contributed by atoms with E-state index in [4.69, 9.17) is 4.74 Å². The normalized spacial score (nSPS) is 18.5. The highest BCUT2D eigenvalue weighted by atomic mass is 19.4. The van der Waals surface area contributed by atoms with Crippen LogP contribution >= 0.6 is 0 Å². The number of hydrogen-bond acceptors (Lipinski definition) is 2. The first kappa shape index (κ1) is 15.6. The molecular weight excluding hydrogens is 279 g/mol. The second kappa shape index (κ2) is 6.80. The Kier molecular flexibility index (Phi) is 5.07. The largest absolute Gasteiger partial charge is 0.493 e. The van der Waals surface area contributed by atoms with Crippen LogP contribution in [0, 0.1) is 5.92 Å². The van der Waals surface area contributed by atoms with Crippen molar-refractivity contribution in [2.75, 3.05) is 13.7 Å². The summed E-state index contributed by atoms with van der Waals surface area (Å²) in [5, 5.41) is 3.05. The molecule has 1 aliphatic carbocycles. The van der Waals surface area contributed by atoms with Crippen LogP contribution in [0.25, 0.3) is 0 Å². The first-order valence-corrected chi connectivity index (χ1v) is 6.81. The van der Waals surface area contributed by atoms with Gasteiger partial charge in [-0.05, 0) is 31.2 Å². The Bertz CT molecular complexity index is 535. The van der Waals surface area contributed by atoms with E-state index in [2.05, 4.69) is 5.32 Å². The van der Waals surface area contributed by atoms with Crippen LogP contribution in [0.5, 0.6) is 5.75 Å². The Morgan fingerprint density at radius 2 is 2.14 bits per heavy atom. The molecule has 1 aromatic carbocycles. The van der Waals surface area contributed by atoms with Gasteiger partial charge in [0, 0.05) is 12.5 Å². The van der Waals surface area contributed by atoms with Crippen LogP contribution < -0.4 is 10.1 Å². The number of hydrogen-bond donors (Lipinski definition) is 1. The van der Waals surface area contributed by atoms with Crippen molar-refractivity contribution in [2.24, 2.45) is 5.92 Å². The van der Waals surface area contributed by atoms with Crippen molar-refractivity contribution >= 4 is 0 Å². The predicted octanol–water partition coefficient (Wildman–Crippen LogP) is 3.85. The minimum absolute atomic E-state index is 0.0240. The van der Waals surface area contributed by atoms with E-state index in [1.807, 2.05) is 31.3 Å². The van der Waals surface area contributed by atoms with Crippen LogP contribution in [-0.2, 0) is 6.54 Å². The lowest BCUT2D eigenvalue weighted by molar-refractivity contribution is -0.0887. The Hall–Kier alpha value is -1.75. The molecule has 21 heavy (non-hydrogen) atoms. The zero-order valence-corrected chi connectivity index (χ0v) is 11.8. The van der Waals surface area contributed by atoms with Gasteiger partial charge >= 0.3 is 6.18 Å². The lowest BCUT2D eigenvalue weighted by Gasteiger charge is -2.18. The molecule has 1 aliphatic rings. The maximum absolute atomic E-state index is 12.5. The van der Waals surface area contributed by atoms with E-state index >= 15 is 0 Å². The van der Waals surface area contributed by atoms with E-state index < -0.39 is 11.7 Å². The third-order valence-electron chi connectivity index (χ3n) is 3.26. The SMILES string of the molecule is CNCc1cccc(OCC2C=CC(C(F)(F)F)=CC2)c1. The Labute approximate surface area is 122 Å². The van der Waals surface area contributed by atoms with Gasteiger partial charge in [-0.2, -0.15) is 13.2 Å². The highest BCUT2D eigenvalue weighted by Gasteiger charge is 2.32. The van der Waals surface area contributed by atoms with Crippen molar-refractivity contribution in [2.45, 2.75) is 19.1 Å². The number of benzene rings is 1. The number of allylic oxidation sites excluding steroid dienone is 3. The zero-order chi connectivity index (χ0) is 15.3. The van der Waals surface area contributed by atoms with E-state index in [-0.39, 0.29) is 5.92 Å². The van der Waals surface area contributed by atoms with Gasteiger partial charge in [0.05, 0.1) is 12.2 Å². The van der Waals surface area contributed by atoms with Gasteiger partial charge in [0.1, 0.15) is 5.75 Å². The van der Waals surface area contributed by atoms with E-state index in [0.29, 0.717) is 13.0 Å². The summed E-state index contributed by atoms with van der Waals surface area (Å²) in [5.74, 6) is 0.714. The Morgan fingerprint density at radius 1 is 1.33 bits per heavy atom. The van der Waals surface area contributed by atoms with Gasteiger partial charge in [-0.1, -0.05) is 30.4 Å². The Balaban J connectivity index is 1.87. The van der Waals surface area contributed by atoms with Gasteiger partial charge in [-0.15, -0.1) is 0 Å². The summed E-state index contributed by atoms with van der Waals surface area (Å²) in [6, 6.07) is 7.67. The smallest absolute Gasteiger partial charge is 0.416 e. The number of halogens is 3. The van der Waals surface area contributed by atoms with Crippen LogP contribution in [0.3, 0.4) is 0 Å². The Morgan fingerprint density at radius 3 is 2.76 bits per heavy atom. The van der Waals surface area contributed by atoms with Gasteiger partial charge in [-0.25, -0.2) is 0 Å². The molecule has 2 rings (SSSR count).